The van der Waals surface area contributed by atoms with Crippen molar-refractivity contribution in [3.05, 3.63) is 12.7 Å². The molecule has 2 amide bonds. The normalized spacial score (nSPS) is 21.6. The van der Waals surface area contributed by atoms with Crippen molar-refractivity contribution in [2.24, 2.45) is 0 Å². The van der Waals surface area contributed by atoms with Gasteiger partial charge in [0.1, 0.15) is 24.6 Å². The van der Waals surface area contributed by atoms with E-state index in [1.165, 1.54) is 17.2 Å². The third-order valence-corrected chi connectivity index (χ3v) is 11.8. The smallest absolute Gasteiger partial charge is 0.387 e. The van der Waals surface area contributed by atoms with E-state index in [1.54, 1.807) is 0 Å². The highest BCUT2D eigenvalue weighted by atomic mass is 127. The molecule has 6 atom stereocenters. The number of nitrogens with one attached hydrogen (secondary N) is 3. The summed E-state index contributed by atoms with van der Waals surface area (Å²) < 4.78 is 53.5. The molecule has 0 saturated carbocycles. The van der Waals surface area contributed by atoms with Gasteiger partial charge < -0.3 is 50.5 Å². The maximum atomic E-state index is 12.0. The Hall–Kier alpha value is -1.69. The highest BCUT2D eigenvalue weighted by Gasteiger charge is 2.47. The number of ether oxygens (including phenoxy) is 1. The summed E-state index contributed by atoms with van der Waals surface area (Å²) in [5.74, 6) is 0.466. The van der Waals surface area contributed by atoms with Crippen LogP contribution < -0.4 is 16.0 Å². The number of hydrogen-bond donors (Lipinski definition) is 9. The minimum Gasteiger partial charge on any atom is -0.387 e. The maximum absolute atomic E-state index is 12.0. The lowest BCUT2D eigenvalue weighted by molar-refractivity contribution is -0.121. The van der Waals surface area contributed by atoms with Crippen LogP contribution in [0, 0.1) is 0 Å². The number of fused-ring (bicyclic) bond motifs is 1. The van der Waals surface area contributed by atoms with Gasteiger partial charge in [0, 0.05) is 26.1 Å². The van der Waals surface area contributed by atoms with E-state index in [4.69, 9.17) is 14.5 Å². The van der Waals surface area contributed by atoms with Gasteiger partial charge in [0.25, 0.3) is 0 Å². The Labute approximate surface area is 306 Å². The van der Waals surface area contributed by atoms with Crippen LogP contribution in [0.4, 0.5) is 5.82 Å². The first-order valence-electron chi connectivity index (χ1n) is 15.8. The summed E-state index contributed by atoms with van der Waals surface area (Å²) in [4.78, 5) is 72.1. The lowest BCUT2D eigenvalue weighted by atomic mass is 10.1. The Morgan fingerprint density at radius 1 is 0.824 bits per heavy atom. The number of alkyl halides is 1. The summed E-state index contributed by atoms with van der Waals surface area (Å²) in [6.07, 6.45) is 3.93. The molecule has 0 aliphatic carbocycles. The van der Waals surface area contributed by atoms with Crippen LogP contribution in [0.3, 0.4) is 0 Å². The van der Waals surface area contributed by atoms with Gasteiger partial charge in [-0.15, -0.1) is 0 Å². The third kappa shape index (κ3) is 15.3. The second-order valence-corrected chi connectivity index (χ2v) is 16.5. The summed E-state index contributed by atoms with van der Waals surface area (Å²) in [6.45, 7) is 0.844. The number of imidazole rings is 1. The van der Waals surface area contributed by atoms with E-state index in [1.807, 2.05) is 22.6 Å². The fourth-order valence-corrected chi connectivity index (χ4v) is 8.20. The van der Waals surface area contributed by atoms with E-state index in [0.29, 0.717) is 41.8 Å². The van der Waals surface area contributed by atoms with Crippen molar-refractivity contribution in [2.45, 2.75) is 82.3 Å². The number of hydrogen-bond acceptors (Lipinski definition) is 15. The van der Waals surface area contributed by atoms with Crippen LogP contribution in [-0.2, 0) is 41.2 Å². The van der Waals surface area contributed by atoms with Crippen molar-refractivity contribution < 1.29 is 71.0 Å². The molecule has 2 unspecified atom stereocenters. The van der Waals surface area contributed by atoms with E-state index in [0.717, 1.165) is 51.4 Å². The number of amides is 2. The van der Waals surface area contributed by atoms with Gasteiger partial charge in [-0.3, -0.25) is 18.7 Å². The van der Waals surface area contributed by atoms with Gasteiger partial charge in [0.05, 0.1) is 17.4 Å². The number of aromatic nitrogens is 4. The van der Waals surface area contributed by atoms with Crippen LogP contribution in [0.2, 0.25) is 0 Å². The Bertz CT molecular complexity index is 1580. The van der Waals surface area contributed by atoms with Gasteiger partial charge in [-0.1, -0.05) is 48.3 Å². The second kappa shape index (κ2) is 20.7. The minimum absolute atomic E-state index is 0.0332. The highest BCUT2D eigenvalue weighted by molar-refractivity contribution is 14.1. The molecule has 1 fully saturated rings. The summed E-state index contributed by atoms with van der Waals surface area (Å²) in [7, 11) is -16.8. The van der Waals surface area contributed by atoms with Crippen molar-refractivity contribution in [3.8, 4) is 0 Å². The van der Waals surface area contributed by atoms with Crippen molar-refractivity contribution >= 4 is 74.9 Å². The molecular weight excluding hydrogens is 858 g/mol. The van der Waals surface area contributed by atoms with Gasteiger partial charge in [-0.05, 0) is 25.7 Å². The van der Waals surface area contributed by atoms with Crippen LogP contribution in [0.25, 0.3) is 11.2 Å². The summed E-state index contributed by atoms with van der Waals surface area (Å²) in [5.41, 5.74) is 0.540. The molecule has 0 aromatic carbocycles. The molecule has 51 heavy (non-hydrogen) atoms. The van der Waals surface area contributed by atoms with Crippen molar-refractivity contribution in [1.82, 2.24) is 30.2 Å². The zero-order valence-corrected chi connectivity index (χ0v) is 32.1. The van der Waals surface area contributed by atoms with Crippen molar-refractivity contribution in [3.63, 3.8) is 0 Å². The van der Waals surface area contributed by atoms with Gasteiger partial charge in [-0.25, -0.2) is 28.6 Å². The van der Waals surface area contributed by atoms with Gasteiger partial charge in [-0.2, -0.15) is 8.62 Å². The number of anilines is 1. The summed E-state index contributed by atoms with van der Waals surface area (Å²) in [6, 6.07) is 0. The molecule has 0 radical (unpaired) electrons. The zero-order chi connectivity index (χ0) is 37.7. The van der Waals surface area contributed by atoms with Crippen molar-refractivity contribution in [1.29, 1.82) is 0 Å². The van der Waals surface area contributed by atoms with Crippen molar-refractivity contribution in [2.75, 3.05) is 36.0 Å². The Morgan fingerprint density at radius 3 is 2.10 bits per heavy atom. The number of aliphatic hydroxyl groups excluding tert-OH is 2. The maximum Gasteiger partial charge on any atom is 0.490 e. The second-order valence-electron chi connectivity index (χ2n) is 11.3. The molecule has 0 bridgehead atoms. The van der Waals surface area contributed by atoms with Gasteiger partial charge >= 0.3 is 23.5 Å². The van der Waals surface area contributed by atoms with Crippen LogP contribution >= 0.6 is 46.1 Å². The number of rotatable bonds is 24. The number of unbranched alkanes of at least 4 members (excludes halogenated alkanes) is 6. The summed E-state index contributed by atoms with van der Waals surface area (Å²) in [5, 5.41) is 30.0. The lowest BCUT2D eigenvalue weighted by Crippen LogP contribution is -2.33. The third-order valence-electron chi connectivity index (χ3n) is 7.28. The molecule has 22 nitrogen and oxygen atoms in total. The first-order valence-corrected chi connectivity index (χ1v) is 21.9. The number of carbonyl (C=O) groups is 2. The quantitative estimate of drug-likeness (QED) is 0.0311. The number of phosphoric acid groups is 3. The molecule has 1 saturated heterocycles. The van der Waals surface area contributed by atoms with E-state index in [2.05, 4.69) is 44.0 Å². The Balaban J connectivity index is 1.37. The molecule has 0 spiro atoms. The number of nitrogens with zero attached hydrogens (tertiary/aromatic N) is 4. The fraction of sp³-hybridized carbons (Fsp3) is 0.720. The Kier molecular flexibility index (Phi) is 17.7. The molecular formula is C25H43IN7O15P3. The molecule has 1 aliphatic rings. The minimum atomic E-state index is -5.75. The number of carbonyl (C=O) groups excluding carboxylic acids is 2. The molecule has 1 aliphatic heterocycles. The predicted molar refractivity (Wildman–Crippen MR) is 186 cm³/mol. The van der Waals surface area contributed by atoms with E-state index < -0.39 is 54.6 Å². The molecule has 3 rings (SSSR count). The monoisotopic (exact) mass is 901 g/mol. The standard InChI is InChI=1S/C25H43IN7O15P3/c26-13-19(35)28-11-6-2-1-5-9-18(34)27-10-7-3-4-8-12-29-23-20-24(31-15-30-23)33(16-32-20)25-22(37)21(36)17(46-25)14-45-50(41,42)48-51(43,44)47-49(38,39)40/h15-17,21-22,25,36-37H,1-14H2,(H,27,34)(H,28,35)(H,41,42)(H,43,44)(H,29,30,31)(H2,38,39,40)/t17-,21-,22-,25-/m1/s1. The average Bonchev–Trinajstić information content (AvgIpc) is 3.59. The molecule has 2 aromatic heterocycles. The molecule has 290 valence electrons. The van der Waals surface area contributed by atoms with E-state index >= 15 is 0 Å². The number of phosphoric ester groups is 1. The van der Waals surface area contributed by atoms with Crippen LogP contribution in [-0.4, -0.2) is 110 Å². The first-order chi connectivity index (χ1) is 24.0. The first kappa shape index (κ1) is 43.7. The average molecular weight is 901 g/mol. The van der Waals surface area contributed by atoms with Gasteiger partial charge in [0.2, 0.25) is 11.8 Å². The number of halogens is 1. The van der Waals surface area contributed by atoms with Crippen LogP contribution in [0.5, 0.6) is 0 Å². The largest absolute Gasteiger partial charge is 0.490 e. The zero-order valence-electron chi connectivity index (χ0n) is 27.2. The topological polar surface area (TPSA) is 323 Å². The summed E-state index contributed by atoms with van der Waals surface area (Å²) >= 11 is 2.02. The van der Waals surface area contributed by atoms with E-state index in [9.17, 15) is 43.3 Å². The molecule has 3 heterocycles. The number of aliphatic hydroxyl groups is 2. The van der Waals surface area contributed by atoms with E-state index in [-0.39, 0.29) is 17.5 Å². The molecule has 2 aromatic rings. The SMILES string of the molecule is O=C(CI)NCCCCCCC(=O)NCCCCCCNc1ncnc2c1ncn2[C@@H]1O[C@H](COP(=O)(O)OP(=O)(O)OP(=O)(O)O)[C@@H](O)[C@H]1O. The lowest BCUT2D eigenvalue weighted by Gasteiger charge is -2.19. The molecule has 26 heteroatoms. The fourth-order valence-electron chi connectivity index (χ4n) is 4.90. The van der Waals surface area contributed by atoms with Crippen LogP contribution in [0.15, 0.2) is 12.7 Å². The molecule has 9 N–H and O–H groups in total. The Morgan fingerprint density at radius 2 is 1.45 bits per heavy atom. The predicted octanol–water partition coefficient (Wildman–Crippen LogP) is 1.38. The van der Waals surface area contributed by atoms with Gasteiger partial charge in [0.15, 0.2) is 23.2 Å². The van der Waals surface area contributed by atoms with Crippen LogP contribution in [0.1, 0.15) is 64.0 Å². The highest BCUT2D eigenvalue weighted by Crippen LogP contribution is 2.66.